The van der Waals surface area contributed by atoms with Gasteiger partial charge in [-0.05, 0) is 30.0 Å². The van der Waals surface area contributed by atoms with Crippen molar-refractivity contribution in [1.29, 1.82) is 0 Å². The van der Waals surface area contributed by atoms with Gasteiger partial charge >= 0.3 is 6.18 Å². The fourth-order valence-corrected chi connectivity index (χ4v) is 3.49. The first-order valence-corrected chi connectivity index (χ1v) is 9.23. The van der Waals surface area contributed by atoms with E-state index in [0.29, 0.717) is 5.69 Å². The number of nitrogens with zero attached hydrogens (tertiary/aromatic N) is 1. The molecule has 4 nitrogen and oxygen atoms in total. The van der Waals surface area contributed by atoms with Crippen LogP contribution in [0, 0.1) is 0 Å². The molecule has 0 aliphatic carbocycles. The topological polar surface area (TPSA) is 51.2 Å². The summed E-state index contributed by atoms with van der Waals surface area (Å²) in [4.78, 5) is 18.1. The van der Waals surface area contributed by atoms with E-state index in [9.17, 15) is 18.0 Å². The minimum Gasteiger partial charge on any atom is -0.462 e. The van der Waals surface area contributed by atoms with Crippen LogP contribution in [0.5, 0.6) is 0 Å². The molecule has 3 rings (SSSR count). The van der Waals surface area contributed by atoms with Crippen molar-refractivity contribution in [2.24, 2.45) is 0 Å². The van der Waals surface area contributed by atoms with Crippen LogP contribution < -0.4 is 5.32 Å². The van der Waals surface area contributed by atoms with Gasteiger partial charge in [0, 0.05) is 23.7 Å². The molecule has 0 radical (unpaired) electrons. The maximum atomic E-state index is 13.0. The lowest BCUT2D eigenvalue weighted by atomic mass is 9.98. The average molecular weight is 394 g/mol. The zero-order valence-corrected chi connectivity index (χ0v) is 15.4. The van der Waals surface area contributed by atoms with E-state index in [-0.39, 0.29) is 17.0 Å². The number of carbonyl (C=O) groups is 1. The van der Waals surface area contributed by atoms with E-state index in [2.05, 4.69) is 10.3 Å². The Balaban J connectivity index is 1.97. The second-order valence-corrected chi connectivity index (χ2v) is 7.09. The Morgan fingerprint density at radius 2 is 2.04 bits per heavy atom. The van der Waals surface area contributed by atoms with Gasteiger partial charge in [0.05, 0.1) is 11.3 Å². The normalized spacial score (nSPS) is 17.2. The molecule has 0 spiro atoms. The van der Waals surface area contributed by atoms with E-state index in [0.717, 1.165) is 22.8 Å². The number of pyridine rings is 1. The van der Waals surface area contributed by atoms with Crippen LogP contribution in [-0.4, -0.2) is 23.6 Å². The highest BCUT2D eigenvalue weighted by molar-refractivity contribution is 7.99. The third kappa shape index (κ3) is 3.95. The van der Waals surface area contributed by atoms with Crippen LogP contribution in [0.1, 0.15) is 29.8 Å². The highest BCUT2D eigenvalue weighted by Crippen LogP contribution is 2.39. The van der Waals surface area contributed by atoms with E-state index in [1.54, 1.807) is 31.1 Å². The maximum absolute atomic E-state index is 13.0. The SMILES string of the molecule is CCSc1ccnc(C2=C(NC)OC(c3cccc(C(F)(F)F)c3)C2=O)c1. The third-order valence-corrected chi connectivity index (χ3v) is 4.87. The molecule has 0 saturated carbocycles. The smallest absolute Gasteiger partial charge is 0.416 e. The van der Waals surface area contributed by atoms with Crippen molar-refractivity contribution in [1.82, 2.24) is 10.3 Å². The van der Waals surface area contributed by atoms with Crippen molar-refractivity contribution in [3.8, 4) is 0 Å². The lowest BCUT2D eigenvalue weighted by Crippen LogP contribution is -2.12. The Hall–Kier alpha value is -2.48. The highest BCUT2D eigenvalue weighted by atomic mass is 32.2. The molecule has 1 aliphatic rings. The number of alkyl halides is 3. The van der Waals surface area contributed by atoms with Crippen LogP contribution in [0.15, 0.2) is 53.4 Å². The van der Waals surface area contributed by atoms with Gasteiger partial charge < -0.3 is 10.1 Å². The summed E-state index contributed by atoms with van der Waals surface area (Å²) < 4.78 is 44.6. The fourth-order valence-electron chi connectivity index (χ4n) is 2.80. The van der Waals surface area contributed by atoms with Crippen molar-refractivity contribution in [2.45, 2.75) is 24.1 Å². The van der Waals surface area contributed by atoms with Crippen LogP contribution >= 0.6 is 11.8 Å². The molecule has 142 valence electrons. The van der Waals surface area contributed by atoms with Crippen molar-refractivity contribution in [3.05, 3.63) is 65.3 Å². The Bertz CT molecular complexity index is 897. The molecule has 1 unspecified atom stereocenters. The molecule has 0 amide bonds. The Morgan fingerprint density at radius 1 is 1.26 bits per heavy atom. The summed E-state index contributed by atoms with van der Waals surface area (Å²) in [5.74, 6) is 0.636. The van der Waals surface area contributed by atoms with Gasteiger partial charge in [0.25, 0.3) is 0 Å². The van der Waals surface area contributed by atoms with Gasteiger partial charge in [0.15, 0.2) is 6.10 Å². The second kappa shape index (κ2) is 7.64. The van der Waals surface area contributed by atoms with Crippen molar-refractivity contribution >= 4 is 23.1 Å². The zero-order valence-electron chi connectivity index (χ0n) is 14.6. The summed E-state index contributed by atoms with van der Waals surface area (Å²) in [5.41, 5.74) is -0.0114. The number of Topliss-reactive ketones (excluding diaryl/α,β-unsaturated/α-hetero) is 1. The Kier molecular flexibility index (Phi) is 5.46. The molecular weight excluding hydrogens is 377 g/mol. The molecule has 1 aromatic carbocycles. The number of nitrogens with one attached hydrogen (secondary N) is 1. The monoisotopic (exact) mass is 394 g/mol. The van der Waals surface area contributed by atoms with Crippen LogP contribution in [-0.2, 0) is 15.7 Å². The maximum Gasteiger partial charge on any atom is 0.416 e. The van der Waals surface area contributed by atoms with Gasteiger partial charge in [-0.25, -0.2) is 0 Å². The predicted octanol–water partition coefficient (Wildman–Crippen LogP) is 4.44. The summed E-state index contributed by atoms with van der Waals surface area (Å²) in [5, 5.41) is 2.81. The van der Waals surface area contributed by atoms with Crippen molar-refractivity contribution in [3.63, 3.8) is 0 Å². The van der Waals surface area contributed by atoms with Crippen LogP contribution in [0.2, 0.25) is 0 Å². The number of aromatic nitrogens is 1. The van der Waals surface area contributed by atoms with Crippen LogP contribution in [0.3, 0.4) is 0 Å². The standard InChI is InChI=1S/C19H17F3N2O2S/c1-3-27-13-7-8-24-14(10-13)15-16(25)17(26-18(15)23-2)11-5-4-6-12(9-11)19(20,21)22/h4-10,17,23H,3H2,1-2H3. The largest absolute Gasteiger partial charge is 0.462 e. The molecule has 0 fully saturated rings. The number of halogens is 3. The molecule has 2 aromatic rings. The van der Waals surface area contributed by atoms with Crippen molar-refractivity contribution < 1.29 is 22.7 Å². The van der Waals surface area contributed by atoms with Gasteiger partial charge in [0.1, 0.15) is 5.57 Å². The summed E-state index contributed by atoms with van der Waals surface area (Å²) in [6.07, 6.45) is -4.04. The van der Waals surface area contributed by atoms with Crippen LogP contribution in [0.4, 0.5) is 13.2 Å². The zero-order chi connectivity index (χ0) is 19.6. The van der Waals surface area contributed by atoms with E-state index in [1.807, 2.05) is 13.0 Å². The highest BCUT2D eigenvalue weighted by Gasteiger charge is 2.39. The summed E-state index contributed by atoms with van der Waals surface area (Å²) in [6.45, 7) is 2.01. The number of thioether (sulfide) groups is 1. The molecule has 1 atom stereocenters. The molecule has 8 heteroatoms. The average Bonchev–Trinajstić information content (AvgIpc) is 2.98. The Labute approximate surface area is 158 Å². The molecular formula is C19H17F3N2O2S. The number of carbonyl (C=O) groups excluding carboxylic acids is 1. The minimum absolute atomic E-state index is 0.150. The van der Waals surface area contributed by atoms with Gasteiger partial charge in [-0.3, -0.25) is 9.78 Å². The predicted molar refractivity (Wildman–Crippen MR) is 96.9 cm³/mol. The lowest BCUT2D eigenvalue weighted by Gasteiger charge is -2.14. The summed E-state index contributed by atoms with van der Waals surface area (Å²) in [6, 6.07) is 8.23. The van der Waals surface area contributed by atoms with Crippen LogP contribution in [0.25, 0.3) is 5.57 Å². The molecule has 1 aromatic heterocycles. The number of benzene rings is 1. The number of rotatable bonds is 5. The number of ketones is 1. The molecule has 1 N–H and O–H groups in total. The van der Waals surface area contributed by atoms with Crippen molar-refractivity contribution in [2.75, 3.05) is 12.8 Å². The molecule has 2 heterocycles. The number of hydrogen-bond donors (Lipinski definition) is 1. The molecule has 0 bridgehead atoms. The number of ether oxygens (including phenoxy) is 1. The second-order valence-electron chi connectivity index (χ2n) is 5.75. The van der Waals surface area contributed by atoms with E-state index >= 15 is 0 Å². The summed E-state index contributed by atoms with van der Waals surface area (Å²) >= 11 is 1.60. The van der Waals surface area contributed by atoms with Gasteiger partial charge in [0.2, 0.25) is 11.7 Å². The van der Waals surface area contributed by atoms with E-state index in [4.69, 9.17) is 4.74 Å². The minimum atomic E-state index is -4.49. The quantitative estimate of drug-likeness (QED) is 0.760. The molecule has 1 aliphatic heterocycles. The summed E-state index contributed by atoms with van der Waals surface area (Å²) in [7, 11) is 1.59. The molecule has 27 heavy (non-hydrogen) atoms. The third-order valence-electron chi connectivity index (χ3n) is 3.99. The van der Waals surface area contributed by atoms with Gasteiger partial charge in [-0.1, -0.05) is 19.1 Å². The van der Waals surface area contributed by atoms with E-state index in [1.165, 1.54) is 12.1 Å². The first-order chi connectivity index (χ1) is 12.8. The fraction of sp³-hybridized carbons (Fsp3) is 0.263. The molecule has 0 saturated heterocycles. The van der Waals surface area contributed by atoms with Gasteiger partial charge in [-0.15, -0.1) is 11.8 Å². The first kappa shape index (κ1) is 19.3. The number of hydrogen-bond acceptors (Lipinski definition) is 5. The lowest BCUT2D eigenvalue weighted by molar-refractivity contribution is -0.137. The van der Waals surface area contributed by atoms with E-state index < -0.39 is 23.6 Å². The first-order valence-electron chi connectivity index (χ1n) is 8.24. The van der Waals surface area contributed by atoms with Gasteiger partial charge in [-0.2, -0.15) is 13.2 Å². The Morgan fingerprint density at radius 3 is 2.70 bits per heavy atom.